The second-order valence-corrected chi connectivity index (χ2v) is 13.4. The molecule has 52 heavy (non-hydrogen) atoms. The fourth-order valence-electron chi connectivity index (χ4n) is 8.91. The Balaban J connectivity index is 1.44. The first-order chi connectivity index (χ1) is 25.8. The van der Waals surface area contributed by atoms with Gasteiger partial charge in [0, 0.05) is 32.3 Å². The highest BCUT2D eigenvalue weighted by Crippen LogP contribution is 2.47. The van der Waals surface area contributed by atoms with Crippen molar-refractivity contribution in [3.05, 3.63) is 169 Å². The highest BCUT2D eigenvalue weighted by molar-refractivity contribution is 6.34. The van der Waals surface area contributed by atoms with Gasteiger partial charge in [0.15, 0.2) is 0 Å². The molecule has 0 unspecified atom stereocenters. The molecule has 0 aliphatic carbocycles. The first-order valence-electron chi connectivity index (χ1n) is 17.4. The van der Waals surface area contributed by atoms with E-state index in [1.54, 1.807) is 6.07 Å². The maximum atomic E-state index is 11.0. The van der Waals surface area contributed by atoms with Gasteiger partial charge in [-0.05, 0) is 56.6 Å². The molecule has 4 nitrogen and oxygen atoms in total. The fourth-order valence-corrected chi connectivity index (χ4v) is 8.91. The third-order valence-electron chi connectivity index (χ3n) is 10.9. The predicted molar refractivity (Wildman–Crippen MR) is 215 cm³/mol. The number of rotatable bonds is 2. The lowest BCUT2D eigenvalue weighted by Crippen LogP contribution is -2.07. The minimum atomic E-state index is 0.433. The molecule has 2 aromatic heterocycles. The van der Waals surface area contributed by atoms with E-state index in [4.69, 9.17) is 0 Å². The van der Waals surface area contributed by atoms with Crippen molar-refractivity contribution in [2.24, 2.45) is 0 Å². The average molecular weight is 659 g/mol. The van der Waals surface area contributed by atoms with Crippen LogP contribution in [0.15, 0.2) is 158 Å². The lowest BCUT2D eigenvalue weighted by Gasteiger charge is -2.20. The molecular weight excluding hydrogens is 633 g/mol. The summed E-state index contributed by atoms with van der Waals surface area (Å²) in [7, 11) is 0. The monoisotopic (exact) mass is 658 g/mol. The summed E-state index contributed by atoms with van der Waals surface area (Å²) < 4.78 is 4.60. The molecule has 0 atom stereocenters. The maximum absolute atomic E-state index is 11.0. The molecule has 238 valence electrons. The Bertz CT molecular complexity index is 3440. The van der Waals surface area contributed by atoms with E-state index in [0.717, 1.165) is 81.9 Å². The Morgan fingerprint density at radius 2 is 0.750 bits per heavy atom. The van der Waals surface area contributed by atoms with Gasteiger partial charge in [0.25, 0.3) is 0 Å². The number of nitriles is 2. The van der Waals surface area contributed by atoms with Crippen LogP contribution in [0.4, 0.5) is 0 Å². The van der Waals surface area contributed by atoms with E-state index in [1.165, 1.54) is 16.2 Å². The Kier molecular flexibility index (Phi) is 5.77. The molecule has 11 aromatic rings. The molecule has 0 radical (unpaired) electrons. The van der Waals surface area contributed by atoms with Crippen molar-refractivity contribution in [2.75, 3.05) is 0 Å². The number of para-hydroxylation sites is 2. The third-order valence-corrected chi connectivity index (χ3v) is 10.9. The fraction of sp³-hybridized carbons (Fsp3) is 0. The van der Waals surface area contributed by atoms with Crippen LogP contribution in [0.1, 0.15) is 11.1 Å². The molecule has 0 saturated heterocycles. The van der Waals surface area contributed by atoms with Crippen LogP contribution in [-0.4, -0.2) is 9.13 Å². The van der Waals surface area contributed by atoms with E-state index >= 15 is 0 Å². The second-order valence-electron chi connectivity index (χ2n) is 13.4. The zero-order chi connectivity index (χ0) is 34.5. The Labute approximate surface area is 297 Å². The van der Waals surface area contributed by atoms with Crippen LogP contribution < -0.4 is 0 Å². The van der Waals surface area contributed by atoms with Crippen molar-refractivity contribution in [1.82, 2.24) is 9.13 Å². The molecule has 0 N–H and O–H groups in total. The number of aromatic nitrogens is 2. The van der Waals surface area contributed by atoms with E-state index in [9.17, 15) is 10.5 Å². The summed E-state index contributed by atoms with van der Waals surface area (Å²) in [5, 5.41) is 35.3. The van der Waals surface area contributed by atoms with Crippen LogP contribution in [0.2, 0.25) is 0 Å². The molecule has 0 saturated carbocycles. The topological polar surface area (TPSA) is 57.4 Å². The maximum Gasteiger partial charge on any atom is 0.101 e. The summed E-state index contributed by atoms with van der Waals surface area (Å²) in [4.78, 5) is 0. The highest BCUT2D eigenvalue weighted by Gasteiger charge is 2.26. The highest BCUT2D eigenvalue weighted by atomic mass is 15.1. The SMILES string of the molecule is N#Cc1cc(C#N)c(-n2c3ccccc3c3c4ccccc4c4ccccc4c32)c(-n2c3ccccc3c3c4ccccc4c4ccccc4c32)c1. The standard InChI is InChI=1S/C48H26N4/c49-27-29-25-30(28-50)46(52-42-24-12-10-22-40(42)45-36-18-6-2-14-32(36)34-16-4-8-20-38(34)48(45)52)43(26-29)51-41-23-11-9-21-39(41)44-35-17-5-1-13-31(35)33-15-3-7-19-37(33)47(44)51/h1-26H. The number of hydrogen-bond acceptors (Lipinski definition) is 2. The smallest absolute Gasteiger partial charge is 0.101 e. The van der Waals surface area contributed by atoms with Gasteiger partial charge < -0.3 is 9.13 Å². The zero-order valence-electron chi connectivity index (χ0n) is 27.8. The lowest BCUT2D eigenvalue weighted by atomic mass is 9.96. The molecule has 9 aromatic carbocycles. The molecule has 4 heteroatoms. The van der Waals surface area contributed by atoms with E-state index in [-0.39, 0.29) is 0 Å². The van der Waals surface area contributed by atoms with Crippen LogP contribution >= 0.6 is 0 Å². The molecule has 0 aliphatic rings. The van der Waals surface area contributed by atoms with Gasteiger partial charge in [-0.3, -0.25) is 0 Å². The van der Waals surface area contributed by atoms with Gasteiger partial charge >= 0.3 is 0 Å². The van der Waals surface area contributed by atoms with E-state index in [1.807, 2.05) is 6.07 Å². The van der Waals surface area contributed by atoms with E-state index < -0.39 is 0 Å². The van der Waals surface area contributed by atoms with Gasteiger partial charge in [0.1, 0.15) is 6.07 Å². The summed E-state index contributed by atoms with van der Waals surface area (Å²) in [6.45, 7) is 0. The average Bonchev–Trinajstić information content (AvgIpc) is 3.75. The number of nitrogens with zero attached hydrogens (tertiary/aromatic N) is 4. The third kappa shape index (κ3) is 3.63. The quantitative estimate of drug-likeness (QED) is 0.174. The first-order valence-corrected chi connectivity index (χ1v) is 17.4. The molecule has 0 amide bonds. The number of benzene rings is 9. The van der Waals surface area contributed by atoms with Crippen molar-refractivity contribution in [3.8, 4) is 23.5 Å². The Hall–Kier alpha value is -7.40. The summed E-state index contributed by atoms with van der Waals surface area (Å²) in [6, 6.07) is 60.0. The Morgan fingerprint density at radius 1 is 0.365 bits per heavy atom. The van der Waals surface area contributed by atoms with Gasteiger partial charge in [-0.25, -0.2) is 0 Å². The van der Waals surface area contributed by atoms with Crippen LogP contribution in [0.25, 0.3) is 98.1 Å². The van der Waals surface area contributed by atoms with E-state index in [0.29, 0.717) is 11.1 Å². The first kappa shape index (κ1) is 28.4. The molecule has 0 fully saturated rings. The van der Waals surface area contributed by atoms with Crippen molar-refractivity contribution < 1.29 is 0 Å². The molecule has 2 heterocycles. The minimum Gasteiger partial charge on any atom is -0.306 e. The summed E-state index contributed by atoms with van der Waals surface area (Å²) >= 11 is 0. The van der Waals surface area contributed by atoms with Crippen LogP contribution in [0.3, 0.4) is 0 Å². The Morgan fingerprint density at radius 3 is 1.23 bits per heavy atom. The van der Waals surface area contributed by atoms with Crippen molar-refractivity contribution >= 4 is 86.7 Å². The van der Waals surface area contributed by atoms with Gasteiger partial charge in [-0.2, -0.15) is 10.5 Å². The molecule has 0 bridgehead atoms. The molecular formula is C48H26N4. The lowest BCUT2D eigenvalue weighted by molar-refractivity contribution is 1.09. The van der Waals surface area contributed by atoms with Crippen LogP contribution in [0.5, 0.6) is 0 Å². The predicted octanol–water partition coefficient (Wildman–Crippen LogP) is 12.2. The minimum absolute atomic E-state index is 0.433. The van der Waals surface area contributed by atoms with Gasteiger partial charge in [0.05, 0.1) is 50.6 Å². The zero-order valence-corrected chi connectivity index (χ0v) is 27.8. The largest absolute Gasteiger partial charge is 0.306 e. The number of fused-ring (bicyclic) bond motifs is 16. The van der Waals surface area contributed by atoms with Crippen LogP contribution in [-0.2, 0) is 0 Å². The summed E-state index contributed by atoms with van der Waals surface area (Å²) in [5.41, 5.74) is 6.48. The van der Waals surface area contributed by atoms with Crippen LogP contribution in [0, 0.1) is 22.7 Å². The summed E-state index contributed by atoms with van der Waals surface area (Å²) in [6.07, 6.45) is 0. The van der Waals surface area contributed by atoms with Crippen molar-refractivity contribution in [1.29, 1.82) is 10.5 Å². The molecule has 11 rings (SSSR count). The summed E-state index contributed by atoms with van der Waals surface area (Å²) in [5.74, 6) is 0. The second kappa shape index (κ2) is 10.6. The normalized spacial score (nSPS) is 11.8. The van der Waals surface area contributed by atoms with Crippen molar-refractivity contribution in [2.45, 2.75) is 0 Å². The van der Waals surface area contributed by atoms with Gasteiger partial charge in [0.2, 0.25) is 0 Å². The van der Waals surface area contributed by atoms with Crippen molar-refractivity contribution in [3.63, 3.8) is 0 Å². The van der Waals surface area contributed by atoms with E-state index in [2.05, 4.69) is 167 Å². The molecule has 0 aliphatic heterocycles. The number of hydrogen-bond donors (Lipinski definition) is 0. The van der Waals surface area contributed by atoms with Gasteiger partial charge in [-0.15, -0.1) is 0 Å². The van der Waals surface area contributed by atoms with Gasteiger partial charge in [-0.1, -0.05) is 133 Å². The molecule has 0 spiro atoms.